The summed E-state index contributed by atoms with van der Waals surface area (Å²) in [5.41, 5.74) is 1.11. The Hall–Kier alpha value is -3.59. The molecule has 1 heterocycles. The van der Waals surface area contributed by atoms with Crippen molar-refractivity contribution < 1.29 is 28.6 Å². The van der Waals surface area contributed by atoms with E-state index in [1.807, 2.05) is 0 Å². The second-order valence-corrected chi connectivity index (χ2v) is 6.96. The van der Waals surface area contributed by atoms with E-state index >= 15 is 0 Å². The molecule has 0 atom stereocenters. The SMILES string of the molecule is COC(=O)COc1ccc(/C=C2\SC(=NC(=O)c3ccccc3)NC2=O)cc1OC. The highest BCUT2D eigenvalue weighted by atomic mass is 32.2. The third-order valence-corrected chi connectivity index (χ3v) is 4.84. The van der Waals surface area contributed by atoms with E-state index in [4.69, 9.17) is 9.47 Å². The summed E-state index contributed by atoms with van der Waals surface area (Å²) in [5.74, 6) is -0.550. The number of benzene rings is 2. The van der Waals surface area contributed by atoms with E-state index in [2.05, 4.69) is 15.0 Å². The zero-order valence-corrected chi connectivity index (χ0v) is 17.0. The summed E-state index contributed by atoms with van der Waals surface area (Å²) < 4.78 is 15.2. The summed E-state index contributed by atoms with van der Waals surface area (Å²) in [7, 11) is 2.74. The second-order valence-electron chi connectivity index (χ2n) is 5.93. The van der Waals surface area contributed by atoms with Crippen molar-refractivity contribution in [3.05, 3.63) is 64.6 Å². The third kappa shape index (κ3) is 5.26. The Labute approximate surface area is 176 Å². The summed E-state index contributed by atoms with van der Waals surface area (Å²) in [5, 5.41) is 2.79. The van der Waals surface area contributed by atoms with Gasteiger partial charge in [-0.1, -0.05) is 24.3 Å². The van der Waals surface area contributed by atoms with Gasteiger partial charge in [0.05, 0.1) is 19.1 Å². The summed E-state index contributed by atoms with van der Waals surface area (Å²) in [6, 6.07) is 13.6. The van der Waals surface area contributed by atoms with E-state index in [1.165, 1.54) is 14.2 Å². The average Bonchev–Trinajstić information content (AvgIpc) is 3.11. The number of carbonyl (C=O) groups is 3. The molecule has 0 spiro atoms. The van der Waals surface area contributed by atoms with Crippen LogP contribution in [0.3, 0.4) is 0 Å². The Balaban J connectivity index is 1.75. The molecule has 0 bridgehead atoms. The van der Waals surface area contributed by atoms with Crippen LogP contribution < -0.4 is 14.8 Å². The molecule has 1 saturated heterocycles. The topological polar surface area (TPSA) is 103 Å². The van der Waals surface area contributed by atoms with Crippen molar-refractivity contribution in [2.45, 2.75) is 0 Å². The monoisotopic (exact) mass is 426 g/mol. The fourth-order valence-corrected chi connectivity index (χ4v) is 3.28. The number of amides is 2. The van der Waals surface area contributed by atoms with Crippen LogP contribution in [0.15, 0.2) is 58.4 Å². The molecule has 1 N–H and O–H groups in total. The molecule has 2 aromatic carbocycles. The number of esters is 1. The van der Waals surface area contributed by atoms with Gasteiger partial charge in [-0.3, -0.25) is 9.59 Å². The lowest BCUT2D eigenvalue weighted by molar-refractivity contribution is -0.142. The van der Waals surface area contributed by atoms with Gasteiger partial charge in [-0.25, -0.2) is 4.79 Å². The zero-order valence-electron chi connectivity index (χ0n) is 16.2. The van der Waals surface area contributed by atoms with Crippen molar-refractivity contribution in [2.24, 2.45) is 4.99 Å². The van der Waals surface area contributed by atoms with Crippen LogP contribution in [-0.2, 0) is 14.3 Å². The van der Waals surface area contributed by atoms with E-state index in [0.717, 1.165) is 11.8 Å². The molecule has 3 rings (SSSR count). The van der Waals surface area contributed by atoms with Crippen molar-refractivity contribution in [1.29, 1.82) is 0 Å². The summed E-state index contributed by atoms with van der Waals surface area (Å²) in [4.78, 5) is 40.0. The number of ether oxygens (including phenoxy) is 3. The van der Waals surface area contributed by atoms with Crippen LogP contribution in [0, 0.1) is 0 Å². The lowest BCUT2D eigenvalue weighted by Crippen LogP contribution is -2.20. The fourth-order valence-electron chi connectivity index (χ4n) is 2.46. The van der Waals surface area contributed by atoms with Gasteiger partial charge in [-0.05, 0) is 47.7 Å². The van der Waals surface area contributed by atoms with Gasteiger partial charge in [0.2, 0.25) is 0 Å². The molecular weight excluding hydrogens is 408 g/mol. The predicted octanol–water partition coefficient (Wildman–Crippen LogP) is 2.65. The van der Waals surface area contributed by atoms with E-state index in [1.54, 1.807) is 54.6 Å². The molecule has 9 heteroatoms. The minimum atomic E-state index is -0.515. The van der Waals surface area contributed by atoms with E-state index < -0.39 is 11.9 Å². The number of thioether (sulfide) groups is 1. The van der Waals surface area contributed by atoms with Crippen molar-refractivity contribution in [3.63, 3.8) is 0 Å². The molecule has 2 aromatic rings. The molecule has 154 valence electrons. The summed E-state index contributed by atoms with van der Waals surface area (Å²) in [6.07, 6.45) is 1.64. The molecule has 0 unspecified atom stereocenters. The first-order valence-corrected chi connectivity index (χ1v) is 9.58. The summed E-state index contributed by atoms with van der Waals surface area (Å²) in [6.45, 7) is -0.249. The standard InChI is InChI=1S/C21H18N2O6S/c1-27-16-10-13(8-9-15(16)29-12-18(24)28-2)11-17-20(26)23-21(30-17)22-19(25)14-6-4-3-5-7-14/h3-11H,12H2,1-2H3,(H,22,23,25,26)/b17-11-. The van der Waals surface area contributed by atoms with E-state index in [0.29, 0.717) is 27.5 Å². The fraction of sp³-hybridized carbons (Fsp3) is 0.143. The van der Waals surface area contributed by atoms with Crippen LogP contribution in [0.25, 0.3) is 6.08 Å². The van der Waals surface area contributed by atoms with E-state index in [-0.39, 0.29) is 17.7 Å². The van der Waals surface area contributed by atoms with Gasteiger partial charge >= 0.3 is 5.97 Å². The molecule has 8 nitrogen and oxygen atoms in total. The maximum absolute atomic E-state index is 12.2. The quantitative estimate of drug-likeness (QED) is 0.559. The Morgan fingerprint density at radius 3 is 2.57 bits per heavy atom. The molecule has 1 aliphatic rings. The maximum Gasteiger partial charge on any atom is 0.343 e. The van der Waals surface area contributed by atoms with Crippen LogP contribution in [0.4, 0.5) is 0 Å². The molecule has 1 fully saturated rings. The molecule has 0 aliphatic carbocycles. The zero-order chi connectivity index (χ0) is 21.5. The maximum atomic E-state index is 12.2. The number of nitrogens with zero attached hydrogens (tertiary/aromatic N) is 1. The van der Waals surface area contributed by atoms with Gasteiger partial charge in [0.1, 0.15) is 0 Å². The number of aliphatic imine (C=N–C) groups is 1. The smallest absolute Gasteiger partial charge is 0.343 e. The number of methoxy groups -OCH3 is 2. The Morgan fingerprint density at radius 2 is 1.87 bits per heavy atom. The highest BCUT2D eigenvalue weighted by Gasteiger charge is 2.25. The molecule has 0 aromatic heterocycles. The molecule has 0 saturated carbocycles. The number of nitrogens with one attached hydrogen (secondary N) is 1. The van der Waals surface area contributed by atoms with Gasteiger partial charge in [0.25, 0.3) is 11.8 Å². The largest absolute Gasteiger partial charge is 0.493 e. The highest BCUT2D eigenvalue weighted by Crippen LogP contribution is 2.31. The number of hydrogen-bond donors (Lipinski definition) is 1. The minimum Gasteiger partial charge on any atom is -0.493 e. The minimum absolute atomic E-state index is 0.213. The first-order valence-electron chi connectivity index (χ1n) is 8.76. The lowest BCUT2D eigenvalue weighted by atomic mass is 10.2. The van der Waals surface area contributed by atoms with Crippen LogP contribution in [0.5, 0.6) is 11.5 Å². The van der Waals surface area contributed by atoms with Gasteiger partial charge in [0.15, 0.2) is 23.3 Å². The van der Waals surface area contributed by atoms with Crippen molar-refractivity contribution in [1.82, 2.24) is 5.32 Å². The van der Waals surface area contributed by atoms with Crippen molar-refractivity contribution in [3.8, 4) is 11.5 Å². The first kappa shape index (κ1) is 21.1. The lowest BCUT2D eigenvalue weighted by Gasteiger charge is -2.10. The van der Waals surface area contributed by atoms with Gasteiger partial charge < -0.3 is 19.5 Å². The molecule has 1 aliphatic heterocycles. The Kier molecular flexibility index (Phi) is 6.87. The molecule has 0 radical (unpaired) electrons. The third-order valence-electron chi connectivity index (χ3n) is 3.93. The molecule has 2 amide bonds. The van der Waals surface area contributed by atoms with Gasteiger partial charge in [-0.2, -0.15) is 4.99 Å². The van der Waals surface area contributed by atoms with Gasteiger partial charge in [-0.15, -0.1) is 0 Å². The van der Waals surface area contributed by atoms with Crippen LogP contribution in [-0.4, -0.2) is 43.8 Å². The number of amidine groups is 1. The van der Waals surface area contributed by atoms with Crippen molar-refractivity contribution >= 4 is 40.8 Å². The van der Waals surface area contributed by atoms with Crippen molar-refractivity contribution in [2.75, 3.05) is 20.8 Å². The number of carbonyl (C=O) groups excluding carboxylic acids is 3. The molecule has 30 heavy (non-hydrogen) atoms. The normalized spacial score (nSPS) is 15.7. The Morgan fingerprint density at radius 1 is 1.10 bits per heavy atom. The highest BCUT2D eigenvalue weighted by molar-refractivity contribution is 8.18. The van der Waals surface area contributed by atoms with Crippen LogP contribution >= 0.6 is 11.8 Å². The second kappa shape index (κ2) is 9.75. The van der Waals surface area contributed by atoms with Gasteiger partial charge in [0, 0.05) is 5.56 Å². The Bertz CT molecular complexity index is 1030. The first-order chi connectivity index (χ1) is 14.5. The van der Waals surface area contributed by atoms with E-state index in [9.17, 15) is 14.4 Å². The number of hydrogen-bond acceptors (Lipinski definition) is 7. The number of rotatable bonds is 6. The molecular formula is C21H18N2O6S. The average molecular weight is 426 g/mol. The predicted molar refractivity (Wildman–Crippen MR) is 112 cm³/mol. The van der Waals surface area contributed by atoms with Crippen LogP contribution in [0.2, 0.25) is 0 Å². The van der Waals surface area contributed by atoms with Crippen LogP contribution in [0.1, 0.15) is 15.9 Å². The summed E-state index contributed by atoms with van der Waals surface area (Å²) >= 11 is 1.07.